The summed E-state index contributed by atoms with van der Waals surface area (Å²) in [5, 5.41) is 14.7. The maximum atomic E-state index is 12.3. The summed E-state index contributed by atoms with van der Waals surface area (Å²) >= 11 is 0. The van der Waals surface area contributed by atoms with Crippen molar-refractivity contribution < 1.29 is 19.1 Å². The molecule has 28 heavy (non-hydrogen) atoms. The van der Waals surface area contributed by atoms with Crippen LogP contribution in [0, 0.1) is 13.8 Å². The highest BCUT2D eigenvalue weighted by Gasteiger charge is 2.34. The van der Waals surface area contributed by atoms with Crippen LogP contribution in [0.25, 0.3) is 11.5 Å². The van der Waals surface area contributed by atoms with Crippen molar-refractivity contribution in [3.8, 4) is 11.5 Å². The molecule has 2 aromatic rings. The van der Waals surface area contributed by atoms with E-state index >= 15 is 0 Å². The van der Waals surface area contributed by atoms with Crippen LogP contribution in [0.5, 0.6) is 0 Å². The largest absolute Gasteiger partial charge is 0.480 e. The van der Waals surface area contributed by atoms with Crippen LogP contribution in [0.4, 0.5) is 10.5 Å². The molecule has 1 aromatic carbocycles. The molecule has 0 spiro atoms. The summed E-state index contributed by atoms with van der Waals surface area (Å²) in [5.41, 5.74) is 2.29. The van der Waals surface area contributed by atoms with Gasteiger partial charge in [-0.3, -0.25) is 9.69 Å². The zero-order valence-corrected chi connectivity index (χ0v) is 16.4. The number of anilines is 1. The molecule has 1 aliphatic rings. The molecule has 8 heteroatoms. The number of aromatic nitrogens is 1. The minimum atomic E-state index is -0.827. The summed E-state index contributed by atoms with van der Waals surface area (Å²) in [7, 11) is 0. The van der Waals surface area contributed by atoms with E-state index in [4.69, 9.17) is 9.52 Å². The van der Waals surface area contributed by atoms with Gasteiger partial charge >= 0.3 is 12.0 Å². The SMILES string of the molecule is CCN(CC(=O)O)C1CC(NC(=O)Nc2cccc(-c3nc(C)c(C)o3)c2)C1. The highest BCUT2D eigenvalue weighted by atomic mass is 16.4. The molecule has 8 nitrogen and oxygen atoms in total. The number of carboxylic acids is 1. The molecular formula is C20H26N4O4. The Balaban J connectivity index is 1.52. The lowest BCUT2D eigenvalue weighted by atomic mass is 9.85. The summed E-state index contributed by atoms with van der Waals surface area (Å²) in [6.07, 6.45) is 1.51. The zero-order valence-electron chi connectivity index (χ0n) is 16.4. The Morgan fingerprint density at radius 2 is 2.07 bits per heavy atom. The van der Waals surface area contributed by atoms with Crippen LogP contribution in [-0.4, -0.2) is 52.2 Å². The van der Waals surface area contributed by atoms with Gasteiger partial charge in [-0.25, -0.2) is 9.78 Å². The summed E-state index contributed by atoms with van der Waals surface area (Å²) < 4.78 is 5.64. The molecule has 2 amide bonds. The van der Waals surface area contributed by atoms with Gasteiger partial charge in [0.15, 0.2) is 0 Å². The normalized spacial score (nSPS) is 18.6. The summed E-state index contributed by atoms with van der Waals surface area (Å²) in [6.45, 7) is 6.42. The van der Waals surface area contributed by atoms with Gasteiger partial charge in [-0.1, -0.05) is 13.0 Å². The third-order valence-corrected chi connectivity index (χ3v) is 5.11. The molecule has 0 atom stereocenters. The average molecular weight is 386 g/mol. The third kappa shape index (κ3) is 4.69. The first kappa shape index (κ1) is 19.9. The van der Waals surface area contributed by atoms with Crippen LogP contribution < -0.4 is 10.6 Å². The quantitative estimate of drug-likeness (QED) is 0.675. The van der Waals surface area contributed by atoms with Crippen molar-refractivity contribution >= 4 is 17.7 Å². The van der Waals surface area contributed by atoms with Gasteiger partial charge in [0.1, 0.15) is 5.76 Å². The number of rotatable bonds is 7. The molecule has 0 bridgehead atoms. The molecule has 1 aromatic heterocycles. The second-order valence-electron chi connectivity index (χ2n) is 7.12. The van der Waals surface area contributed by atoms with Crippen molar-refractivity contribution in [3.63, 3.8) is 0 Å². The van der Waals surface area contributed by atoms with E-state index in [9.17, 15) is 9.59 Å². The number of hydrogen-bond donors (Lipinski definition) is 3. The van der Waals surface area contributed by atoms with Gasteiger partial charge < -0.3 is 20.2 Å². The first-order valence-corrected chi connectivity index (χ1v) is 9.43. The molecule has 1 fully saturated rings. The van der Waals surface area contributed by atoms with E-state index in [2.05, 4.69) is 15.6 Å². The Hall–Kier alpha value is -2.87. The number of amides is 2. The maximum absolute atomic E-state index is 12.3. The molecule has 0 saturated heterocycles. The number of carboxylic acid groups (broad SMARTS) is 1. The number of nitrogens with zero attached hydrogens (tertiary/aromatic N) is 2. The fourth-order valence-corrected chi connectivity index (χ4v) is 3.36. The maximum Gasteiger partial charge on any atom is 0.319 e. The number of aryl methyl sites for hydroxylation is 2. The van der Waals surface area contributed by atoms with Crippen LogP contribution in [0.15, 0.2) is 28.7 Å². The third-order valence-electron chi connectivity index (χ3n) is 5.11. The van der Waals surface area contributed by atoms with E-state index < -0.39 is 5.97 Å². The van der Waals surface area contributed by atoms with E-state index in [0.29, 0.717) is 18.1 Å². The van der Waals surface area contributed by atoms with Gasteiger partial charge in [-0.15, -0.1) is 0 Å². The Bertz CT molecular complexity index is 838. The Kier molecular flexibility index (Phi) is 5.99. The topological polar surface area (TPSA) is 108 Å². The Morgan fingerprint density at radius 1 is 1.32 bits per heavy atom. The fourth-order valence-electron chi connectivity index (χ4n) is 3.36. The van der Waals surface area contributed by atoms with E-state index in [0.717, 1.165) is 29.9 Å². The lowest BCUT2D eigenvalue weighted by Gasteiger charge is -2.42. The molecule has 0 aliphatic heterocycles. The average Bonchev–Trinajstić information content (AvgIpc) is 2.95. The Labute approximate surface area is 163 Å². The molecule has 0 unspecified atom stereocenters. The van der Waals surface area contributed by atoms with Crippen LogP contribution >= 0.6 is 0 Å². The monoisotopic (exact) mass is 386 g/mol. The predicted molar refractivity (Wildman–Crippen MR) is 105 cm³/mol. The summed E-state index contributed by atoms with van der Waals surface area (Å²) in [6, 6.07) is 7.32. The smallest absolute Gasteiger partial charge is 0.319 e. The summed E-state index contributed by atoms with van der Waals surface area (Å²) in [5.74, 6) is 0.473. The first-order chi connectivity index (χ1) is 13.4. The standard InChI is InChI=1S/C20H26N4O4/c1-4-24(11-18(25)26)17-9-16(10-17)23-20(27)22-15-7-5-6-14(8-15)19-21-12(2)13(3)28-19/h5-8,16-17H,4,9-11H2,1-3H3,(H,25,26)(H2,22,23,27). The lowest BCUT2D eigenvalue weighted by Crippen LogP contribution is -2.55. The van der Waals surface area contributed by atoms with E-state index in [1.165, 1.54) is 0 Å². The van der Waals surface area contributed by atoms with Crippen LogP contribution in [0.3, 0.4) is 0 Å². The van der Waals surface area contributed by atoms with Crippen LogP contribution in [-0.2, 0) is 4.79 Å². The van der Waals surface area contributed by atoms with E-state index in [1.54, 1.807) is 6.07 Å². The Morgan fingerprint density at radius 3 is 2.68 bits per heavy atom. The minimum Gasteiger partial charge on any atom is -0.480 e. The van der Waals surface area contributed by atoms with Crippen molar-refractivity contribution in [1.82, 2.24) is 15.2 Å². The molecule has 1 aliphatic carbocycles. The number of carbonyl (C=O) groups is 2. The minimum absolute atomic E-state index is 0.0344. The van der Waals surface area contributed by atoms with Gasteiger partial charge in [0.05, 0.1) is 12.2 Å². The van der Waals surface area contributed by atoms with Gasteiger partial charge in [0, 0.05) is 23.3 Å². The number of benzene rings is 1. The second-order valence-corrected chi connectivity index (χ2v) is 7.12. The number of aliphatic carboxylic acids is 1. The van der Waals surface area contributed by atoms with Crippen molar-refractivity contribution in [2.24, 2.45) is 0 Å². The number of carbonyl (C=O) groups excluding carboxylic acids is 1. The van der Waals surface area contributed by atoms with Crippen molar-refractivity contribution in [1.29, 1.82) is 0 Å². The number of nitrogens with one attached hydrogen (secondary N) is 2. The summed E-state index contributed by atoms with van der Waals surface area (Å²) in [4.78, 5) is 29.5. The molecular weight excluding hydrogens is 360 g/mol. The first-order valence-electron chi connectivity index (χ1n) is 9.43. The molecule has 1 heterocycles. The zero-order chi connectivity index (χ0) is 20.3. The van der Waals surface area contributed by atoms with Gasteiger partial charge in [-0.2, -0.15) is 0 Å². The van der Waals surface area contributed by atoms with Crippen molar-refractivity contribution in [3.05, 3.63) is 35.7 Å². The number of urea groups is 1. The van der Waals surface area contributed by atoms with Crippen molar-refractivity contribution in [2.75, 3.05) is 18.4 Å². The number of likely N-dealkylation sites (N-methyl/N-ethyl adjacent to an activating group) is 1. The predicted octanol–water partition coefficient (Wildman–Crippen LogP) is 3.02. The van der Waals surface area contributed by atoms with Crippen LogP contribution in [0.2, 0.25) is 0 Å². The fraction of sp³-hybridized carbons (Fsp3) is 0.450. The van der Waals surface area contributed by atoms with Crippen LogP contribution in [0.1, 0.15) is 31.2 Å². The van der Waals surface area contributed by atoms with Gasteiger partial charge in [0.2, 0.25) is 5.89 Å². The van der Waals surface area contributed by atoms with Gasteiger partial charge in [0.25, 0.3) is 0 Å². The van der Waals surface area contributed by atoms with Gasteiger partial charge in [-0.05, 0) is 51.4 Å². The molecule has 1 saturated carbocycles. The highest BCUT2D eigenvalue weighted by molar-refractivity contribution is 5.90. The van der Waals surface area contributed by atoms with E-state index in [-0.39, 0.29) is 24.7 Å². The second kappa shape index (κ2) is 8.43. The molecule has 150 valence electrons. The number of hydrogen-bond acceptors (Lipinski definition) is 5. The highest BCUT2D eigenvalue weighted by Crippen LogP contribution is 2.26. The van der Waals surface area contributed by atoms with Crippen molar-refractivity contribution in [2.45, 2.75) is 45.7 Å². The number of oxazole rings is 1. The lowest BCUT2D eigenvalue weighted by molar-refractivity contribution is -0.139. The molecule has 3 rings (SSSR count). The van der Waals surface area contributed by atoms with E-state index in [1.807, 2.05) is 43.9 Å². The molecule has 3 N–H and O–H groups in total. The molecule has 0 radical (unpaired) electrons.